The van der Waals surface area contributed by atoms with Gasteiger partial charge in [-0.3, -0.25) is 20.4 Å². The maximum atomic E-state index is 13.4. The SMILES string of the molecule is CCOc1ccccc1OCC(=O)NNC(=O)CC(O)(c1nccn1C)C(F)(F)F. The van der Waals surface area contributed by atoms with Crippen LogP contribution < -0.4 is 20.3 Å². The van der Waals surface area contributed by atoms with Gasteiger partial charge in [0.2, 0.25) is 11.5 Å². The number of hydrazine groups is 1. The Labute approximate surface area is 169 Å². The normalized spacial score (nSPS) is 13.3. The van der Waals surface area contributed by atoms with Gasteiger partial charge in [-0.2, -0.15) is 13.2 Å². The van der Waals surface area contributed by atoms with E-state index >= 15 is 0 Å². The zero-order chi connectivity index (χ0) is 22.4. The molecule has 0 bridgehead atoms. The van der Waals surface area contributed by atoms with Gasteiger partial charge in [-0.1, -0.05) is 12.1 Å². The number of carbonyl (C=O) groups is 2. The molecule has 1 aromatic heterocycles. The first-order chi connectivity index (χ1) is 14.1. The first-order valence-corrected chi connectivity index (χ1v) is 8.77. The van der Waals surface area contributed by atoms with Crippen molar-refractivity contribution in [2.75, 3.05) is 13.2 Å². The van der Waals surface area contributed by atoms with E-state index in [4.69, 9.17) is 9.47 Å². The molecule has 0 aliphatic rings. The Morgan fingerprint density at radius 3 is 2.27 bits per heavy atom. The summed E-state index contributed by atoms with van der Waals surface area (Å²) in [6.45, 7) is 1.61. The van der Waals surface area contributed by atoms with Crippen molar-refractivity contribution >= 4 is 11.8 Å². The number of aliphatic hydroxyl groups is 1. The largest absolute Gasteiger partial charge is 0.490 e. The summed E-state index contributed by atoms with van der Waals surface area (Å²) in [4.78, 5) is 27.3. The Hall–Kier alpha value is -3.28. The number of carbonyl (C=O) groups excluding carboxylic acids is 2. The van der Waals surface area contributed by atoms with Crippen LogP contribution in [0.5, 0.6) is 11.5 Å². The number of amides is 2. The number of para-hydroxylation sites is 2. The molecule has 0 aliphatic carbocycles. The summed E-state index contributed by atoms with van der Waals surface area (Å²) >= 11 is 0. The highest BCUT2D eigenvalue weighted by atomic mass is 19.4. The van der Waals surface area contributed by atoms with Gasteiger partial charge in [-0.05, 0) is 19.1 Å². The van der Waals surface area contributed by atoms with Crippen molar-refractivity contribution in [3.05, 3.63) is 42.5 Å². The molecular weight excluding hydrogens is 409 g/mol. The number of aryl methyl sites for hydroxylation is 1. The van der Waals surface area contributed by atoms with Crippen molar-refractivity contribution in [3.63, 3.8) is 0 Å². The second-order valence-corrected chi connectivity index (χ2v) is 6.16. The lowest BCUT2D eigenvalue weighted by Gasteiger charge is -2.29. The molecule has 2 rings (SSSR count). The van der Waals surface area contributed by atoms with Gasteiger partial charge in [0.25, 0.3) is 5.91 Å². The van der Waals surface area contributed by atoms with Crippen LogP contribution in [-0.2, 0) is 22.2 Å². The molecule has 1 heterocycles. The van der Waals surface area contributed by atoms with Gasteiger partial charge in [-0.25, -0.2) is 4.98 Å². The molecule has 30 heavy (non-hydrogen) atoms. The molecular formula is C18H21F3N4O5. The number of hydrogen-bond donors (Lipinski definition) is 3. The molecule has 3 N–H and O–H groups in total. The van der Waals surface area contributed by atoms with Crippen LogP contribution in [0.2, 0.25) is 0 Å². The summed E-state index contributed by atoms with van der Waals surface area (Å²) in [6.07, 6.45) is -4.33. The number of ether oxygens (including phenoxy) is 2. The fraction of sp³-hybridized carbons (Fsp3) is 0.389. The smallest absolute Gasteiger partial charge is 0.425 e. The maximum absolute atomic E-state index is 13.4. The molecule has 0 spiro atoms. The summed E-state index contributed by atoms with van der Waals surface area (Å²) in [7, 11) is 1.25. The Bertz CT molecular complexity index is 887. The standard InChI is InChI=1S/C18H21F3N4O5/c1-3-29-12-6-4-5-7-13(12)30-11-15(27)24-23-14(26)10-17(28,18(19,20)21)16-22-8-9-25(16)2/h4-9,28H,3,10-11H2,1-2H3,(H,23,26)(H,24,27). The minimum Gasteiger partial charge on any atom is -0.490 e. The maximum Gasteiger partial charge on any atom is 0.425 e. The molecule has 12 heteroatoms. The molecule has 2 aromatic rings. The molecule has 0 saturated carbocycles. The van der Waals surface area contributed by atoms with Crippen LogP contribution in [0.4, 0.5) is 13.2 Å². The van der Waals surface area contributed by atoms with E-state index in [0.717, 1.165) is 10.8 Å². The summed E-state index contributed by atoms with van der Waals surface area (Å²) in [5.74, 6) is -2.18. The Balaban J connectivity index is 1.93. The molecule has 1 aromatic carbocycles. The van der Waals surface area contributed by atoms with Gasteiger partial charge < -0.3 is 19.1 Å². The van der Waals surface area contributed by atoms with E-state index in [9.17, 15) is 27.9 Å². The Morgan fingerprint density at radius 2 is 1.73 bits per heavy atom. The number of halogens is 3. The highest BCUT2D eigenvalue weighted by molar-refractivity contribution is 5.83. The topological polar surface area (TPSA) is 115 Å². The van der Waals surface area contributed by atoms with Crippen molar-refractivity contribution in [1.29, 1.82) is 0 Å². The van der Waals surface area contributed by atoms with E-state index in [-0.39, 0.29) is 5.75 Å². The number of benzene rings is 1. The van der Waals surface area contributed by atoms with Gasteiger partial charge in [0, 0.05) is 19.4 Å². The van der Waals surface area contributed by atoms with Gasteiger partial charge in [0.1, 0.15) is 0 Å². The number of rotatable bonds is 8. The number of hydrogen-bond acceptors (Lipinski definition) is 6. The molecule has 0 saturated heterocycles. The lowest BCUT2D eigenvalue weighted by Crippen LogP contribution is -2.51. The monoisotopic (exact) mass is 430 g/mol. The molecule has 0 aliphatic heterocycles. The van der Waals surface area contributed by atoms with Gasteiger partial charge in [0.05, 0.1) is 13.0 Å². The van der Waals surface area contributed by atoms with Gasteiger partial charge in [-0.15, -0.1) is 0 Å². The van der Waals surface area contributed by atoms with E-state index < -0.39 is 42.4 Å². The van der Waals surface area contributed by atoms with Crippen LogP contribution in [0, 0.1) is 0 Å². The third-order valence-corrected chi connectivity index (χ3v) is 3.93. The van der Waals surface area contributed by atoms with Crippen LogP contribution in [0.3, 0.4) is 0 Å². The van der Waals surface area contributed by atoms with E-state index in [1.165, 1.54) is 13.2 Å². The highest BCUT2D eigenvalue weighted by Crippen LogP contribution is 2.40. The third-order valence-electron chi connectivity index (χ3n) is 3.93. The average Bonchev–Trinajstić information content (AvgIpc) is 3.11. The second kappa shape index (κ2) is 9.48. The fourth-order valence-corrected chi connectivity index (χ4v) is 2.51. The van der Waals surface area contributed by atoms with Crippen LogP contribution >= 0.6 is 0 Å². The zero-order valence-electron chi connectivity index (χ0n) is 16.2. The van der Waals surface area contributed by atoms with Crippen LogP contribution in [0.15, 0.2) is 36.7 Å². The number of nitrogens with zero attached hydrogens (tertiary/aromatic N) is 2. The number of imidazole rings is 1. The molecule has 164 valence electrons. The minimum absolute atomic E-state index is 0.280. The van der Waals surface area contributed by atoms with E-state index in [1.54, 1.807) is 31.2 Å². The van der Waals surface area contributed by atoms with Crippen molar-refractivity contribution in [2.24, 2.45) is 7.05 Å². The predicted molar refractivity (Wildman–Crippen MR) is 97.2 cm³/mol. The average molecular weight is 430 g/mol. The van der Waals surface area contributed by atoms with E-state index in [0.29, 0.717) is 12.4 Å². The quantitative estimate of drug-likeness (QED) is 0.542. The summed E-state index contributed by atoms with van der Waals surface area (Å²) in [6, 6.07) is 6.57. The van der Waals surface area contributed by atoms with E-state index in [2.05, 4.69) is 4.98 Å². The lowest BCUT2D eigenvalue weighted by molar-refractivity contribution is -0.271. The van der Waals surface area contributed by atoms with Crippen molar-refractivity contribution in [3.8, 4) is 11.5 Å². The lowest BCUT2D eigenvalue weighted by atomic mass is 9.97. The summed E-state index contributed by atoms with van der Waals surface area (Å²) in [5.41, 5.74) is 0.214. The Morgan fingerprint density at radius 1 is 1.13 bits per heavy atom. The predicted octanol–water partition coefficient (Wildman–Crippen LogP) is 1.19. The van der Waals surface area contributed by atoms with Crippen molar-refractivity contribution in [1.82, 2.24) is 20.4 Å². The van der Waals surface area contributed by atoms with Crippen molar-refractivity contribution in [2.45, 2.75) is 25.1 Å². The van der Waals surface area contributed by atoms with Crippen molar-refractivity contribution < 1.29 is 37.3 Å². The summed E-state index contributed by atoms with van der Waals surface area (Å²) in [5, 5.41) is 10.1. The molecule has 0 fully saturated rings. The highest BCUT2D eigenvalue weighted by Gasteiger charge is 2.58. The van der Waals surface area contributed by atoms with Crippen LogP contribution in [0.25, 0.3) is 0 Å². The molecule has 1 atom stereocenters. The van der Waals surface area contributed by atoms with Crippen LogP contribution in [-0.4, -0.2) is 45.9 Å². The zero-order valence-corrected chi connectivity index (χ0v) is 16.2. The number of aromatic nitrogens is 2. The first kappa shape index (κ1) is 23.0. The van der Waals surface area contributed by atoms with E-state index in [1.807, 2.05) is 10.9 Å². The summed E-state index contributed by atoms with van der Waals surface area (Å²) < 4.78 is 51.8. The van der Waals surface area contributed by atoms with Crippen LogP contribution in [0.1, 0.15) is 19.2 Å². The second-order valence-electron chi connectivity index (χ2n) is 6.16. The van der Waals surface area contributed by atoms with Gasteiger partial charge in [0.15, 0.2) is 23.9 Å². The Kier molecular flexibility index (Phi) is 7.27. The number of alkyl halides is 3. The number of nitrogens with one attached hydrogen (secondary N) is 2. The third kappa shape index (κ3) is 5.41. The molecule has 1 unspecified atom stereocenters. The first-order valence-electron chi connectivity index (χ1n) is 8.77. The molecule has 0 radical (unpaired) electrons. The minimum atomic E-state index is -5.18. The fourth-order valence-electron chi connectivity index (χ4n) is 2.51. The molecule has 9 nitrogen and oxygen atoms in total. The molecule has 2 amide bonds. The van der Waals surface area contributed by atoms with Gasteiger partial charge >= 0.3 is 6.18 Å².